The number of nitrogens with one attached hydrogen (secondary N) is 1. The summed E-state index contributed by atoms with van der Waals surface area (Å²) in [5.41, 5.74) is 4.09. The van der Waals surface area contributed by atoms with Crippen LogP contribution in [0.1, 0.15) is 25.1 Å². The fraction of sp³-hybridized carbons (Fsp3) is 0.385. The summed E-state index contributed by atoms with van der Waals surface area (Å²) < 4.78 is 16.6. The highest BCUT2D eigenvalue weighted by Gasteiger charge is 2.16. The number of benzene rings is 1. The molecule has 1 saturated heterocycles. The molecule has 0 bridgehead atoms. The standard InChI is InChI=1S/C26H31FN8/c1-4-23-20-14-19(7-8-22(20)32-33(23)3)25-21(27)16-29-26(31-25)30-24-9-6-18(15-28-24)17-35-12-10-34(5-2)11-13-35/h6-9,14-16H,4-5,10-13,17H2,1-3H3,(H,28,29,30,31). The first-order valence-corrected chi connectivity index (χ1v) is 12.2. The minimum absolute atomic E-state index is 0.248. The van der Waals surface area contributed by atoms with E-state index in [1.807, 2.05) is 42.2 Å². The molecule has 8 nitrogen and oxygen atoms in total. The summed E-state index contributed by atoms with van der Waals surface area (Å²) in [6, 6.07) is 9.68. The molecule has 1 aliphatic heterocycles. The van der Waals surface area contributed by atoms with E-state index in [2.05, 4.69) is 55.1 Å². The Kier molecular flexibility index (Phi) is 6.70. The number of anilines is 2. The average molecular weight is 475 g/mol. The molecule has 5 rings (SSSR count). The molecule has 1 N–H and O–H groups in total. The Labute approximate surface area is 204 Å². The van der Waals surface area contributed by atoms with Gasteiger partial charge in [-0.25, -0.2) is 19.3 Å². The van der Waals surface area contributed by atoms with Gasteiger partial charge in [-0.3, -0.25) is 9.58 Å². The number of nitrogens with zero attached hydrogens (tertiary/aromatic N) is 7. The van der Waals surface area contributed by atoms with E-state index in [-0.39, 0.29) is 5.69 Å². The Morgan fingerprint density at radius 2 is 1.77 bits per heavy atom. The molecule has 3 aromatic heterocycles. The van der Waals surface area contributed by atoms with E-state index in [1.54, 1.807) is 0 Å². The second-order valence-electron chi connectivity index (χ2n) is 8.93. The monoisotopic (exact) mass is 474 g/mol. The Hall–Kier alpha value is -3.43. The Morgan fingerprint density at radius 1 is 0.971 bits per heavy atom. The Balaban J connectivity index is 1.31. The van der Waals surface area contributed by atoms with Crippen LogP contribution < -0.4 is 5.32 Å². The molecule has 182 valence electrons. The van der Waals surface area contributed by atoms with Gasteiger partial charge in [0.05, 0.1) is 11.7 Å². The first-order chi connectivity index (χ1) is 17.0. The number of aromatic nitrogens is 5. The molecule has 0 unspecified atom stereocenters. The molecule has 0 radical (unpaired) electrons. The topological polar surface area (TPSA) is 75.0 Å². The maximum Gasteiger partial charge on any atom is 0.229 e. The first kappa shape index (κ1) is 23.3. The summed E-state index contributed by atoms with van der Waals surface area (Å²) in [6.45, 7) is 10.7. The van der Waals surface area contributed by atoms with Crippen molar-refractivity contribution in [3.63, 3.8) is 0 Å². The molecule has 0 aliphatic carbocycles. The van der Waals surface area contributed by atoms with Crippen molar-refractivity contribution in [3.05, 3.63) is 59.8 Å². The summed E-state index contributed by atoms with van der Waals surface area (Å²) in [7, 11) is 1.93. The highest BCUT2D eigenvalue weighted by molar-refractivity contribution is 5.86. The lowest BCUT2D eigenvalue weighted by Crippen LogP contribution is -2.45. The minimum Gasteiger partial charge on any atom is -0.309 e. The Bertz CT molecular complexity index is 1310. The van der Waals surface area contributed by atoms with Crippen molar-refractivity contribution in [2.45, 2.75) is 26.8 Å². The van der Waals surface area contributed by atoms with Gasteiger partial charge in [-0.1, -0.05) is 26.0 Å². The molecule has 1 fully saturated rings. The second kappa shape index (κ2) is 10.1. The summed E-state index contributed by atoms with van der Waals surface area (Å²) in [5, 5.41) is 8.65. The van der Waals surface area contributed by atoms with Crippen LogP contribution in [-0.2, 0) is 20.0 Å². The lowest BCUT2D eigenvalue weighted by Gasteiger charge is -2.33. The second-order valence-corrected chi connectivity index (χ2v) is 8.93. The third kappa shape index (κ3) is 5.01. The van der Waals surface area contributed by atoms with Crippen LogP contribution in [0.5, 0.6) is 0 Å². The van der Waals surface area contributed by atoms with Crippen LogP contribution in [0.15, 0.2) is 42.7 Å². The van der Waals surface area contributed by atoms with Gasteiger partial charge in [0.1, 0.15) is 11.5 Å². The van der Waals surface area contributed by atoms with E-state index in [0.717, 1.165) is 67.8 Å². The molecule has 0 saturated carbocycles. The maximum absolute atomic E-state index is 14.7. The highest BCUT2D eigenvalue weighted by Crippen LogP contribution is 2.28. The molecule has 0 amide bonds. The summed E-state index contributed by atoms with van der Waals surface area (Å²) in [6.07, 6.45) is 3.91. The van der Waals surface area contributed by atoms with Gasteiger partial charge in [0.15, 0.2) is 5.82 Å². The van der Waals surface area contributed by atoms with Crippen LogP contribution >= 0.6 is 0 Å². The van der Waals surface area contributed by atoms with E-state index >= 15 is 0 Å². The molecule has 1 aliphatic rings. The molecule has 0 atom stereocenters. The number of pyridine rings is 1. The first-order valence-electron chi connectivity index (χ1n) is 12.2. The quantitative estimate of drug-likeness (QED) is 0.434. The van der Waals surface area contributed by atoms with E-state index in [1.165, 1.54) is 6.20 Å². The summed E-state index contributed by atoms with van der Waals surface area (Å²) in [5.74, 6) is 0.459. The van der Waals surface area contributed by atoms with Gasteiger partial charge in [0.2, 0.25) is 5.95 Å². The molecule has 0 spiro atoms. The van der Waals surface area contributed by atoms with Crippen LogP contribution in [0.3, 0.4) is 0 Å². The zero-order valence-electron chi connectivity index (χ0n) is 20.5. The van der Waals surface area contributed by atoms with E-state index in [4.69, 9.17) is 0 Å². The van der Waals surface area contributed by atoms with Crippen molar-refractivity contribution in [1.82, 2.24) is 34.5 Å². The van der Waals surface area contributed by atoms with Crippen LogP contribution in [0, 0.1) is 5.82 Å². The normalized spacial score (nSPS) is 15.1. The van der Waals surface area contributed by atoms with Crippen molar-refractivity contribution < 1.29 is 4.39 Å². The zero-order chi connectivity index (χ0) is 24.4. The zero-order valence-corrected chi connectivity index (χ0v) is 20.5. The largest absolute Gasteiger partial charge is 0.309 e. The van der Waals surface area contributed by atoms with Gasteiger partial charge in [-0.2, -0.15) is 5.10 Å². The van der Waals surface area contributed by atoms with Crippen molar-refractivity contribution in [2.24, 2.45) is 7.05 Å². The van der Waals surface area contributed by atoms with Crippen LogP contribution in [0.2, 0.25) is 0 Å². The number of halogens is 1. The molecule has 4 heterocycles. The van der Waals surface area contributed by atoms with E-state index in [9.17, 15) is 4.39 Å². The van der Waals surface area contributed by atoms with Crippen LogP contribution in [0.4, 0.5) is 16.2 Å². The molecular formula is C26H31FN8. The number of likely N-dealkylation sites (N-methyl/N-ethyl adjacent to an activating group) is 1. The van der Waals surface area contributed by atoms with Gasteiger partial charge in [0.25, 0.3) is 0 Å². The molecule has 9 heteroatoms. The average Bonchev–Trinajstić information content (AvgIpc) is 3.20. The predicted molar refractivity (Wildman–Crippen MR) is 136 cm³/mol. The number of hydrogen-bond acceptors (Lipinski definition) is 7. The third-order valence-corrected chi connectivity index (χ3v) is 6.69. The fourth-order valence-electron chi connectivity index (χ4n) is 4.68. The highest BCUT2D eigenvalue weighted by atomic mass is 19.1. The molecular weight excluding hydrogens is 443 g/mol. The molecule has 35 heavy (non-hydrogen) atoms. The van der Waals surface area contributed by atoms with E-state index < -0.39 is 5.82 Å². The van der Waals surface area contributed by atoms with Gasteiger partial charge < -0.3 is 10.2 Å². The fourth-order valence-corrected chi connectivity index (χ4v) is 4.68. The van der Waals surface area contributed by atoms with Crippen molar-refractivity contribution in [1.29, 1.82) is 0 Å². The summed E-state index contributed by atoms with van der Waals surface area (Å²) in [4.78, 5) is 18.0. The lowest BCUT2D eigenvalue weighted by atomic mass is 10.1. The minimum atomic E-state index is -0.469. The number of hydrogen-bond donors (Lipinski definition) is 1. The SMILES string of the molecule is CCc1c2cc(-c3nc(Nc4ccc(CN5CCN(CC)CC5)cn4)ncc3F)ccc2nn1C. The Morgan fingerprint density at radius 3 is 2.49 bits per heavy atom. The van der Waals surface area contributed by atoms with Crippen molar-refractivity contribution in [3.8, 4) is 11.3 Å². The summed E-state index contributed by atoms with van der Waals surface area (Å²) >= 11 is 0. The van der Waals surface area contributed by atoms with Crippen LogP contribution in [0.25, 0.3) is 22.2 Å². The van der Waals surface area contributed by atoms with Gasteiger partial charge in [-0.05, 0) is 36.7 Å². The van der Waals surface area contributed by atoms with Gasteiger partial charge in [-0.15, -0.1) is 0 Å². The predicted octanol–water partition coefficient (Wildman–Crippen LogP) is 4.01. The maximum atomic E-state index is 14.7. The number of fused-ring (bicyclic) bond motifs is 1. The van der Waals surface area contributed by atoms with Crippen molar-refractivity contribution >= 4 is 22.7 Å². The number of piperazine rings is 1. The molecule has 4 aromatic rings. The van der Waals surface area contributed by atoms with E-state index in [0.29, 0.717) is 17.3 Å². The molecule has 1 aromatic carbocycles. The smallest absolute Gasteiger partial charge is 0.229 e. The van der Waals surface area contributed by atoms with Gasteiger partial charge >= 0.3 is 0 Å². The van der Waals surface area contributed by atoms with Crippen molar-refractivity contribution in [2.75, 3.05) is 38.0 Å². The van der Waals surface area contributed by atoms with Crippen LogP contribution in [-0.4, -0.2) is 67.3 Å². The lowest BCUT2D eigenvalue weighted by molar-refractivity contribution is 0.132. The number of rotatable bonds is 7. The van der Waals surface area contributed by atoms with Gasteiger partial charge in [0, 0.05) is 62.6 Å². The number of aryl methyl sites for hydroxylation is 2. The third-order valence-electron chi connectivity index (χ3n) is 6.69.